The first-order valence-corrected chi connectivity index (χ1v) is 7.56. The molecule has 0 radical (unpaired) electrons. The molecule has 0 bridgehead atoms. The highest BCUT2D eigenvalue weighted by Gasteiger charge is 2.17. The fraction of sp³-hybridized carbons (Fsp3) is 0.462. The van der Waals surface area contributed by atoms with Crippen molar-refractivity contribution in [2.24, 2.45) is 0 Å². The third-order valence-corrected chi connectivity index (χ3v) is 3.90. The van der Waals surface area contributed by atoms with Crippen molar-refractivity contribution in [3.05, 3.63) is 29.6 Å². The Hall–Kier alpha value is -0.680. The minimum atomic E-state index is -0.409. The lowest BCUT2D eigenvalue weighted by molar-refractivity contribution is 0.0741. The maximum Gasteiger partial charge on any atom is 0.253 e. The van der Waals surface area contributed by atoms with Crippen molar-refractivity contribution < 1.29 is 9.18 Å². The van der Waals surface area contributed by atoms with Crippen LogP contribution in [0.1, 0.15) is 23.7 Å². The van der Waals surface area contributed by atoms with Crippen molar-refractivity contribution in [3.8, 4) is 0 Å². The summed E-state index contributed by atoms with van der Waals surface area (Å²) >= 11 is 5.75. The van der Waals surface area contributed by atoms with Gasteiger partial charge in [0.25, 0.3) is 5.91 Å². The van der Waals surface area contributed by atoms with Gasteiger partial charge in [0.15, 0.2) is 0 Å². The summed E-state index contributed by atoms with van der Waals surface area (Å²) in [6.07, 6.45) is 2.99. The maximum atomic E-state index is 13.1. The predicted molar refractivity (Wildman–Crippen MR) is 78.2 cm³/mol. The Morgan fingerprint density at radius 1 is 1.56 bits per heavy atom. The van der Waals surface area contributed by atoms with Crippen LogP contribution in [0.25, 0.3) is 0 Å². The monoisotopic (exact) mass is 287 g/mol. The maximum absolute atomic E-state index is 13.1. The SMILES string of the molecule is CSCCC(C)N(C)C(=O)c1ccc(F)c(S)c1. The molecule has 1 unspecified atom stereocenters. The lowest BCUT2D eigenvalue weighted by atomic mass is 10.1. The normalized spacial score (nSPS) is 12.3. The van der Waals surface area contributed by atoms with Crippen LogP contribution in [-0.2, 0) is 0 Å². The number of thioether (sulfide) groups is 1. The minimum absolute atomic E-state index is 0.0982. The lowest BCUT2D eigenvalue weighted by Crippen LogP contribution is -2.35. The fourth-order valence-corrected chi connectivity index (χ4v) is 2.32. The zero-order valence-electron chi connectivity index (χ0n) is 10.8. The third kappa shape index (κ3) is 3.92. The molecule has 1 amide bonds. The second-order valence-corrected chi connectivity index (χ2v) is 5.68. The van der Waals surface area contributed by atoms with Gasteiger partial charge in [-0.15, -0.1) is 12.6 Å². The van der Waals surface area contributed by atoms with E-state index >= 15 is 0 Å². The highest BCUT2D eigenvalue weighted by Crippen LogP contribution is 2.17. The molecule has 0 aliphatic carbocycles. The van der Waals surface area contributed by atoms with E-state index in [9.17, 15) is 9.18 Å². The van der Waals surface area contributed by atoms with Crippen LogP contribution in [-0.4, -0.2) is 35.9 Å². The summed E-state index contributed by atoms with van der Waals surface area (Å²) in [4.78, 5) is 14.1. The van der Waals surface area contributed by atoms with Gasteiger partial charge in [0, 0.05) is 23.5 Å². The molecule has 0 heterocycles. The Morgan fingerprint density at radius 2 is 2.22 bits per heavy atom. The van der Waals surface area contributed by atoms with E-state index in [0.29, 0.717) is 5.56 Å². The topological polar surface area (TPSA) is 20.3 Å². The van der Waals surface area contributed by atoms with Gasteiger partial charge in [0.05, 0.1) is 0 Å². The largest absolute Gasteiger partial charge is 0.339 e. The van der Waals surface area contributed by atoms with Gasteiger partial charge >= 0.3 is 0 Å². The summed E-state index contributed by atoms with van der Waals surface area (Å²) in [7, 11) is 1.77. The molecule has 0 N–H and O–H groups in total. The van der Waals surface area contributed by atoms with Gasteiger partial charge in [-0.25, -0.2) is 4.39 Å². The molecule has 0 saturated carbocycles. The second-order valence-electron chi connectivity index (χ2n) is 4.21. The van der Waals surface area contributed by atoms with E-state index in [0.717, 1.165) is 12.2 Å². The highest BCUT2D eigenvalue weighted by atomic mass is 32.2. The zero-order chi connectivity index (χ0) is 13.7. The first kappa shape index (κ1) is 15.4. The van der Waals surface area contributed by atoms with Crippen molar-refractivity contribution in [2.75, 3.05) is 19.1 Å². The summed E-state index contributed by atoms with van der Waals surface area (Å²) in [5.74, 6) is 0.506. The molecule has 5 heteroatoms. The Labute approximate surface area is 117 Å². The Morgan fingerprint density at radius 3 is 2.78 bits per heavy atom. The van der Waals surface area contributed by atoms with Gasteiger partial charge in [-0.3, -0.25) is 4.79 Å². The first-order valence-electron chi connectivity index (χ1n) is 5.72. The van der Waals surface area contributed by atoms with Gasteiger partial charge in [-0.2, -0.15) is 11.8 Å². The number of carbonyl (C=O) groups is 1. The standard InChI is InChI=1S/C13H18FNOS2/c1-9(6-7-18-3)15(2)13(16)10-4-5-11(14)12(17)8-10/h4-5,8-9,17H,6-7H2,1-3H3. The number of carbonyl (C=O) groups excluding carboxylic acids is 1. The molecule has 0 fully saturated rings. The summed E-state index contributed by atoms with van der Waals surface area (Å²) in [6.45, 7) is 2.01. The highest BCUT2D eigenvalue weighted by molar-refractivity contribution is 7.98. The van der Waals surface area contributed by atoms with Gasteiger partial charge in [-0.1, -0.05) is 0 Å². The van der Waals surface area contributed by atoms with Crippen LogP contribution in [0.4, 0.5) is 4.39 Å². The van der Waals surface area contributed by atoms with Crippen LogP contribution in [0, 0.1) is 5.82 Å². The molecule has 0 saturated heterocycles. The van der Waals surface area contributed by atoms with E-state index in [1.807, 2.05) is 13.2 Å². The number of thiol groups is 1. The number of hydrogen-bond donors (Lipinski definition) is 1. The van der Waals surface area contributed by atoms with Crippen LogP contribution >= 0.6 is 24.4 Å². The van der Waals surface area contributed by atoms with E-state index < -0.39 is 5.82 Å². The van der Waals surface area contributed by atoms with Crippen molar-refractivity contribution >= 4 is 30.3 Å². The van der Waals surface area contributed by atoms with Crippen LogP contribution in [0.2, 0.25) is 0 Å². The molecule has 1 aromatic rings. The molecule has 100 valence electrons. The first-order chi connectivity index (χ1) is 8.47. The average Bonchev–Trinajstić information content (AvgIpc) is 2.37. The van der Waals surface area contributed by atoms with Gasteiger partial charge in [0.2, 0.25) is 0 Å². The van der Waals surface area contributed by atoms with Crippen LogP contribution in [0.3, 0.4) is 0 Å². The Kier molecular flexibility index (Phi) is 6.02. The number of benzene rings is 1. The summed E-state index contributed by atoms with van der Waals surface area (Å²) < 4.78 is 13.1. The van der Waals surface area contributed by atoms with Gasteiger partial charge in [0.1, 0.15) is 5.82 Å². The number of hydrogen-bond acceptors (Lipinski definition) is 3. The average molecular weight is 287 g/mol. The molecule has 2 nitrogen and oxygen atoms in total. The molecule has 1 rings (SSSR count). The van der Waals surface area contributed by atoms with E-state index in [1.54, 1.807) is 23.7 Å². The molecule has 0 spiro atoms. The Bertz CT molecular complexity index is 425. The third-order valence-electron chi connectivity index (χ3n) is 2.91. The zero-order valence-corrected chi connectivity index (χ0v) is 12.5. The molecular formula is C13H18FNOS2. The number of amides is 1. The molecule has 0 aromatic heterocycles. The van der Waals surface area contributed by atoms with Crippen LogP contribution in [0.5, 0.6) is 0 Å². The molecule has 0 aliphatic rings. The smallest absolute Gasteiger partial charge is 0.253 e. The van der Waals surface area contributed by atoms with E-state index in [1.165, 1.54) is 18.2 Å². The predicted octanol–water partition coefficient (Wildman–Crippen LogP) is 3.33. The minimum Gasteiger partial charge on any atom is -0.339 e. The Balaban J connectivity index is 2.76. The quantitative estimate of drug-likeness (QED) is 0.838. The lowest BCUT2D eigenvalue weighted by Gasteiger charge is -2.25. The van der Waals surface area contributed by atoms with Gasteiger partial charge < -0.3 is 4.90 Å². The van der Waals surface area contributed by atoms with Crippen molar-refractivity contribution in [1.29, 1.82) is 0 Å². The molecule has 18 heavy (non-hydrogen) atoms. The summed E-state index contributed by atoms with van der Waals surface area (Å²) in [5.41, 5.74) is 0.472. The van der Waals surface area contributed by atoms with Crippen LogP contribution < -0.4 is 0 Å². The number of rotatable bonds is 5. The van der Waals surface area contributed by atoms with Crippen LogP contribution in [0.15, 0.2) is 23.1 Å². The van der Waals surface area contributed by atoms with Crippen molar-refractivity contribution in [1.82, 2.24) is 4.90 Å². The number of halogens is 1. The molecule has 1 atom stereocenters. The van der Waals surface area contributed by atoms with Gasteiger partial charge in [-0.05, 0) is 43.6 Å². The van der Waals surface area contributed by atoms with E-state index in [4.69, 9.17) is 0 Å². The summed E-state index contributed by atoms with van der Waals surface area (Å²) in [5, 5.41) is 0. The summed E-state index contributed by atoms with van der Waals surface area (Å²) in [6, 6.07) is 4.40. The molecule has 0 aliphatic heterocycles. The molecular weight excluding hydrogens is 269 g/mol. The van der Waals surface area contributed by atoms with E-state index in [2.05, 4.69) is 12.6 Å². The molecule has 1 aromatic carbocycles. The van der Waals surface area contributed by atoms with Crippen molar-refractivity contribution in [2.45, 2.75) is 24.3 Å². The number of nitrogens with zero attached hydrogens (tertiary/aromatic N) is 1. The fourth-order valence-electron chi connectivity index (χ4n) is 1.53. The van der Waals surface area contributed by atoms with E-state index in [-0.39, 0.29) is 16.8 Å². The van der Waals surface area contributed by atoms with Crippen molar-refractivity contribution in [3.63, 3.8) is 0 Å². The second kappa shape index (κ2) is 7.04.